The van der Waals surface area contributed by atoms with Gasteiger partial charge in [0.2, 0.25) is 0 Å². The van der Waals surface area contributed by atoms with Gasteiger partial charge in [0.05, 0.1) is 10.7 Å². The van der Waals surface area contributed by atoms with Crippen LogP contribution in [0, 0.1) is 0 Å². The van der Waals surface area contributed by atoms with Crippen LogP contribution < -0.4 is 10.5 Å². The number of pyridine rings is 1. The number of nitrogens with one attached hydrogen (secondary N) is 1. The van der Waals surface area contributed by atoms with Crippen LogP contribution >= 0.6 is 11.6 Å². The molecule has 94 valence electrons. The van der Waals surface area contributed by atoms with Gasteiger partial charge >= 0.3 is 0 Å². The topological polar surface area (TPSA) is 85.1 Å². The van der Waals surface area contributed by atoms with Gasteiger partial charge in [0.15, 0.2) is 0 Å². The van der Waals surface area contributed by atoms with E-state index in [4.69, 9.17) is 17.3 Å². The molecule has 0 bridgehead atoms. The molecule has 3 N–H and O–H groups in total. The summed E-state index contributed by atoms with van der Waals surface area (Å²) in [5, 5.41) is 0.238. The number of sulfonamides is 1. The Balaban J connectivity index is 2.34. The van der Waals surface area contributed by atoms with Gasteiger partial charge in [-0.3, -0.25) is 9.71 Å². The van der Waals surface area contributed by atoms with Gasteiger partial charge in [-0.25, -0.2) is 8.42 Å². The van der Waals surface area contributed by atoms with E-state index in [9.17, 15) is 8.42 Å². The van der Waals surface area contributed by atoms with E-state index in [1.165, 1.54) is 30.6 Å². The van der Waals surface area contributed by atoms with Crippen LogP contribution in [-0.2, 0) is 10.0 Å². The van der Waals surface area contributed by atoms with Crippen molar-refractivity contribution in [2.75, 3.05) is 10.5 Å². The smallest absolute Gasteiger partial charge is 0.263 e. The molecule has 0 aliphatic carbocycles. The molecule has 0 aliphatic heterocycles. The number of nitrogens with zero attached hydrogens (tertiary/aromatic N) is 1. The highest BCUT2D eigenvalue weighted by molar-refractivity contribution is 7.92. The Labute approximate surface area is 110 Å². The zero-order chi connectivity index (χ0) is 13.2. The molecule has 0 atom stereocenters. The summed E-state index contributed by atoms with van der Waals surface area (Å²) in [5.41, 5.74) is 6.27. The Hall–Kier alpha value is -1.79. The van der Waals surface area contributed by atoms with E-state index in [1.54, 1.807) is 12.1 Å². The molecular weight excluding hydrogens is 274 g/mol. The third kappa shape index (κ3) is 2.72. The van der Waals surface area contributed by atoms with E-state index in [0.717, 1.165) is 0 Å². The van der Waals surface area contributed by atoms with Crippen molar-refractivity contribution in [2.24, 2.45) is 0 Å². The number of benzene rings is 1. The van der Waals surface area contributed by atoms with E-state index in [-0.39, 0.29) is 15.6 Å². The van der Waals surface area contributed by atoms with Crippen molar-refractivity contribution in [3.05, 3.63) is 47.7 Å². The van der Waals surface area contributed by atoms with Crippen LogP contribution in [0.15, 0.2) is 47.6 Å². The Morgan fingerprint density at radius 2 is 2.06 bits per heavy atom. The van der Waals surface area contributed by atoms with Crippen LogP contribution in [0.2, 0.25) is 5.02 Å². The number of nitrogen functional groups attached to an aromatic ring is 1. The van der Waals surface area contributed by atoms with E-state index in [1.807, 2.05) is 0 Å². The number of halogens is 1. The molecule has 2 aromatic rings. The first-order chi connectivity index (χ1) is 8.49. The lowest BCUT2D eigenvalue weighted by Crippen LogP contribution is -2.13. The molecule has 0 radical (unpaired) electrons. The molecule has 0 saturated heterocycles. The minimum atomic E-state index is -3.69. The van der Waals surface area contributed by atoms with Crippen LogP contribution in [0.5, 0.6) is 0 Å². The average Bonchev–Trinajstić information content (AvgIpc) is 2.34. The van der Waals surface area contributed by atoms with Gasteiger partial charge in [0.25, 0.3) is 10.0 Å². The fourth-order valence-electron chi connectivity index (χ4n) is 1.32. The number of rotatable bonds is 3. The fraction of sp³-hybridized carbons (Fsp3) is 0. The van der Waals surface area contributed by atoms with Crippen molar-refractivity contribution in [2.45, 2.75) is 4.90 Å². The lowest BCUT2D eigenvalue weighted by atomic mass is 10.3. The summed E-state index contributed by atoms with van der Waals surface area (Å²) in [6.45, 7) is 0. The van der Waals surface area contributed by atoms with Gasteiger partial charge in [-0.2, -0.15) is 0 Å². The predicted octanol–water partition coefficient (Wildman–Crippen LogP) is 2.12. The highest BCUT2D eigenvalue weighted by Crippen LogP contribution is 2.26. The number of nitrogens with two attached hydrogens (primary N) is 1. The Kier molecular flexibility index (Phi) is 3.40. The van der Waals surface area contributed by atoms with Crippen molar-refractivity contribution in [3.63, 3.8) is 0 Å². The van der Waals surface area contributed by atoms with Gasteiger partial charge in [-0.15, -0.1) is 0 Å². The van der Waals surface area contributed by atoms with Crippen LogP contribution in [0.4, 0.5) is 11.4 Å². The van der Waals surface area contributed by atoms with Crippen LogP contribution in [0.25, 0.3) is 0 Å². The average molecular weight is 284 g/mol. The molecule has 18 heavy (non-hydrogen) atoms. The normalized spacial score (nSPS) is 11.2. The maximum Gasteiger partial charge on any atom is 0.263 e. The highest BCUT2D eigenvalue weighted by Gasteiger charge is 2.15. The molecule has 5 nitrogen and oxygen atoms in total. The molecule has 0 saturated carbocycles. The molecule has 1 heterocycles. The van der Waals surface area contributed by atoms with Gasteiger partial charge in [-0.1, -0.05) is 11.6 Å². The van der Waals surface area contributed by atoms with E-state index < -0.39 is 10.0 Å². The molecule has 0 amide bonds. The van der Waals surface area contributed by atoms with Crippen molar-refractivity contribution >= 4 is 33.0 Å². The number of anilines is 2. The zero-order valence-corrected chi connectivity index (χ0v) is 10.7. The molecule has 7 heteroatoms. The zero-order valence-electron chi connectivity index (χ0n) is 9.17. The van der Waals surface area contributed by atoms with Gasteiger partial charge in [-0.05, 0) is 30.3 Å². The largest absolute Gasteiger partial charge is 0.399 e. The summed E-state index contributed by atoms with van der Waals surface area (Å²) in [5.74, 6) is 0. The first-order valence-corrected chi connectivity index (χ1v) is 6.83. The first kappa shape index (κ1) is 12.7. The van der Waals surface area contributed by atoms with Gasteiger partial charge in [0, 0.05) is 18.1 Å². The van der Waals surface area contributed by atoms with E-state index in [0.29, 0.717) is 5.69 Å². The number of hydrogen-bond donors (Lipinski definition) is 2. The van der Waals surface area contributed by atoms with Gasteiger partial charge < -0.3 is 5.73 Å². The summed E-state index contributed by atoms with van der Waals surface area (Å²) in [4.78, 5) is 3.82. The summed E-state index contributed by atoms with van der Waals surface area (Å²) in [7, 11) is -3.69. The SMILES string of the molecule is Nc1ccc(NS(=O)(=O)c2cccnc2)c(Cl)c1. The standard InChI is InChI=1S/C11H10ClN3O2S/c12-10-6-8(13)3-4-11(10)15-18(16,17)9-2-1-5-14-7-9/h1-7,15H,13H2. The molecule has 1 aromatic heterocycles. The first-order valence-electron chi connectivity index (χ1n) is 4.97. The number of aromatic nitrogens is 1. The summed E-state index contributed by atoms with van der Waals surface area (Å²) < 4.78 is 26.4. The minimum Gasteiger partial charge on any atom is -0.399 e. The van der Waals surface area contributed by atoms with E-state index in [2.05, 4.69) is 9.71 Å². The van der Waals surface area contributed by atoms with Crippen LogP contribution in [0.3, 0.4) is 0 Å². The molecule has 0 aliphatic rings. The monoisotopic (exact) mass is 283 g/mol. The second kappa shape index (κ2) is 4.83. The summed E-state index contributed by atoms with van der Waals surface area (Å²) >= 11 is 5.90. The second-order valence-electron chi connectivity index (χ2n) is 3.53. The van der Waals surface area contributed by atoms with Crippen LogP contribution in [0.1, 0.15) is 0 Å². The van der Waals surface area contributed by atoms with E-state index >= 15 is 0 Å². The van der Waals surface area contributed by atoms with Gasteiger partial charge in [0.1, 0.15) is 4.90 Å². The maximum absolute atomic E-state index is 12.0. The third-order valence-corrected chi connectivity index (χ3v) is 3.85. The highest BCUT2D eigenvalue weighted by atomic mass is 35.5. The Morgan fingerprint density at radius 1 is 1.28 bits per heavy atom. The van der Waals surface area contributed by atoms with Crippen LogP contribution in [-0.4, -0.2) is 13.4 Å². The second-order valence-corrected chi connectivity index (χ2v) is 5.62. The Morgan fingerprint density at radius 3 is 2.67 bits per heavy atom. The van der Waals surface area contributed by atoms with Crippen molar-refractivity contribution < 1.29 is 8.42 Å². The number of hydrogen-bond acceptors (Lipinski definition) is 4. The lowest BCUT2D eigenvalue weighted by molar-refractivity contribution is 0.601. The quantitative estimate of drug-likeness (QED) is 0.845. The van der Waals surface area contributed by atoms with Crippen molar-refractivity contribution in [3.8, 4) is 0 Å². The Bertz CT molecular complexity index is 659. The lowest BCUT2D eigenvalue weighted by Gasteiger charge is -2.09. The molecule has 2 rings (SSSR count). The summed E-state index contributed by atoms with van der Waals surface area (Å²) in [6, 6.07) is 7.53. The molecule has 0 fully saturated rings. The molecular formula is C11H10ClN3O2S. The van der Waals surface area contributed by atoms with Crippen molar-refractivity contribution in [1.29, 1.82) is 0 Å². The predicted molar refractivity (Wildman–Crippen MR) is 70.9 cm³/mol. The van der Waals surface area contributed by atoms with Crippen molar-refractivity contribution in [1.82, 2.24) is 4.98 Å². The molecule has 0 unspecified atom stereocenters. The summed E-state index contributed by atoms with van der Waals surface area (Å²) in [6.07, 6.45) is 2.75. The molecule has 1 aromatic carbocycles. The minimum absolute atomic E-state index is 0.0675. The third-order valence-electron chi connectivity index (χ3n) is 2.18. The maximum atomic E-state index is 12.0. The fourth-order valence-corrected chi connectivity index (χ4v) is 2.66. The molecule has 0 spiro atoms.